The molecule has 1 aromatic heterocycles. The second-order valence-electron chi connectivity index (χ2n) is 5.28. The molecule has 7 nitrogen and oxygen atoms in total. The van der Waals surface area contributed by atoms with E-state index in [4.69, 9.17) is 4.74 Å². The summed E-state index contributed by atoms with van der Waals surface area (Å²) in [5.41, 5.74) is 7.47. The Morgan fingerprint density at radius 1 is 1.09 bits per heavy atom. The standard InChI is InChI=1S/C16H20N4O3/c1-11-4-6-14(7-5-11)23-10-16(22)18-17-15(21)9-20-13(3)8-12(2)19-20/h4-8H,9-10H2,1-3H3,(H,17,21)(H,18,22). The van der Waals surface area contributed by atoms with Crippen LogP contribution < -0.4 is 15.6 Å². The zero-order valence-electron chi connectivity index (χ0n) is 13.4. The van der Waals surface area contributed by atoms with Gasteiger partial charge in [0.05, 0.1) is 5.69 Å². The lowest BCUT2D eigenvalue weighted by Gasteiger charge is -2.09. The molecule has 122 valence electrons. The molecule has 2 aromatic rings. The first kappa shape index (κ1) is 16.5. The van der Waals surface area contributed by atoms with Gasteiger partial charge in [0.1, 0.15) is 12.3 Å². The average Bonchev–Trinajstić information content (AvgIpc) is 2.82. The van der Waals surface area contributed by atoms with Crippen LogP contribution in [-0.2, 0) is 16.1 Å². The van der Waals surface area contributed by atoms with E-state index in [9.17, 15) is 9.59 Å². The Bertz CT molecular complexity index is 692. The fourth-order valence-electron chi connectivity index (χ4n) is 1.97. The highest BCUT2D eigenvalue weighted by Crippen LogP contribution is 2.10. The van der Waals surface area contributed by atoms with E-state index in [0.717, 1.165) is 17.0 Å². The van der Waals surface area contributed by atoms with E-state index in [-0.39, 0.29) is 19.1 Å². The highest BCUT2D eigenvalue weighted by atomic mass is 16.5. The highest BCUT2D eigenvalue weighted by Gasteiger charge is 2.09. The molecule has 23 heavy (non-hydrogen) atoms. The number of aryl methyl sites for hydroxylation is 3. The predicted octanol–water partition coefficient (Wildman–Crippen LogP) is 1.03. The smallest absolute Gasteiger partial charge is 0.276 e. The molecule has 0 radical (unpaired) electrons. The van der Waals surface area contributed by atoms with Crippen LogP contribution in [0.5, 0.6) is 5.75 Å². The van der Waals surface area contributed by atoms with Crippen molar-refractivity contribution in [1.29, 1.82) is 0 Å². The topological polar surface area (TPSA) is 85.3 Å². The SMILES string of the molecule is Cc1ccc(OCC(=O)NNC(=O)Cn2nc(C)cc2C)cc1. The summed E-state index contributed by atoms with van der Waals surface area (Å²) in [4.78, 5) is 23.4. The van der Waals surface area contributed by atoms with Crippen LogP contribution in [0.15, 0.2) is 30.3 Å². The van der Waals surface area contributed by atoms with Gasteiger partial charge in [-0.25, -0.2) is 0 Å². The van der Waals surface area contributed by atoms with E-state index >= 15 is 0 Å². The molecule has 0 atom stereocenters. The number of hydrogen-bond donors (Lipinski definition) is 2. The minimum atomic E-state index is -0.438. The number of carbonyl (C=O) groups excluding carboxylic acids is 2. The number of rotatable bonds is 5. The summed E-state index contributed by atoms with van der Waals surface area (Å²) in [6.45, 7) is 5.55. The summed E-state index contributed by atoms with van der Waals surface area (Å²) in [7, 11) is 0. The molecule has 0 fully saturated rings. The van der Waals surface area contributed by atoms with Crippen LogP contribution in [0.1, 0.15) is 17.0 Å². The molecule has 0 aliphatic rings. The third kappa shape index (κ3) is 5.14. The second-order valence-corrected chi connectivity index (χ2v) is 5.28. The molecule has 1 heterocycles. The van der Waals surface area contributed by atoms with Gasteiger partial charge in [-0.3, -0.25) is 25.1 Å². The largest absolute Gasteiger partial charge is 0.484 e. The van der Waals surface area contributed by atoms with Crippen molar-refractivity contribution in [2.45, 2.75) is 27.3 Å². The molecule has 1 aromatic carbocycles. The molecule has 2 N–H and O–H groups in total. The van der Waals surface area contributed by atoms with Gasteiger partial charge >= 0.3 is 0 Å². The minimum absolute atomic E-state index is 0.0404. The number of hydrazine groups is 1. The number of nitrogens with zero attached hydrogens (tertiary/aromatic N) is 2. The maximum atomic E-state index is 11.8. The highest BCUT2D eigenvalue weighted by molar-refractivity contribution is 5.82. The van der Waals surface area contributed by atoms with Gasteiger partial charge in [-0.2, -0.15) is 5.10 Å². The Morgan fingerprint density at radius 2 is 1.74 bits per heavy atom. The molecule has 0 aliphatic carbocycles. The molecule has 0 saturated carbocycles. The van der Waals surface area contributed by atoms with Crippen molar-refractivity contribution in [3.8, 4) is 5.75 Å². The Morgan fingerprint density at radius 3 is 2.35 bits per heavy atom. The molecular formula is C16H20N4O3. The lowest BCUT2D eigenvalue weighted by atomic mass is 10.2. The number of ether oxygens (including phenoxy) is 1. The molecule has 2 rings (SSSR count). The molecule has 0 unspecified atom stereocenters. The molecule has 2 amide bonds. The minimum Gasteiger partial charge on any atom is -0.484 e. The lowest BCUT2D eigenvalue weighted by molar-refractivity contribution is -0.130. The zero-order valence-corrected chi connectivity index (χ0v) is 13.4. The first-order chi connectivity index (χ1) is 10.9. The van der Waals surface area contributed by atoms with E-state index in [1.807, 2.05) is 39.0 Å². The van der Waals surface area contributed by atoms with Crippen LogP contribution >= 0.6 is 0 Å². The van der Waals surface area contributed by atoms with Crippen molar-refractivity contribution in [2.75, 3.05) is 6.61 Å². The average molecular weight is 316 g/mol. The van der Waals surface area contributed by atoms with Gasteiger partial charge in [0, 0.05) is 5.69 Å². The number of hydrogen-bond acceptors (Lipinski definition) is 4. The number of benzene rings is 1. The van der Waals surface area contributed by atoms with E-state index in [2.05, 4.69) is 16.0 Å². The van der Waals surface area contributed by atoms with Crippen LogP contribution in [-0.4, -0.2) is 28.2 Å². The van der Waals surface area contributed by atoms with Crippen molar-refractivity contribution in [3.05, 3.63) is 47.3 Å². The van der Waals surface area contributed by atoms with Crippen molar-refractivity contribution in [1.82, 2.24) is 20.6 Å². The Labute approximate surface area is 134 Å². The summed E-state index contributed by atoms with van der Waals surface area (Å²) in [5, 5.41) is 4.18. The molecule has 0 spiro atoms. The van der Waals surface area contributed by atoms with Crippen LogP contribution in [0, 0.1) is 20.8 Å². The van der Waals surface area contributed by atoms with Gasteiger partial charge < -0.3 is 4.74 Å². The van der Waals surface area contributed by atoms with E-state index < -0.39 is 5.91 Å². The maximum absolute atomic E-state index is 11.8. The normalized spacial score (nSPS) is 10.2. The number of amides is 2. The Hall–Kier alpha value is -2.83. The number of nitrogens with one attached hydrogen (secondary N) is 2. The molecule has 7 heteroatoms. The third-order valence-electron chi connectivity index (χ3n) is 3.13. The lowest BCUT2D eigenvalue weighted by Crippen LogP contribution is -2.45. The van der Waals surface area contributed by atoms with E-state index in [1.54, 1.807) is 16.8 Å². The summed E-state index contributed by atoms with van der Waals surface area (Å²) in [5.74, 6) is -0.202. The predicted molar refractivity (Wildman–Crippen MR) is 84.7 cm³/mol. The Kier molecular flexibility index (Phi) is 5.35. The summed E-state index contributed by atoms with van der Waals surface area (Å²) in [6, 6.07) is 9.22. The second kappa shape index (κ2) is 7.44. The molecule has 0 saturated heterocycles. The molecule has 0 aliphatic heterocycles. The summed E-state index contributed by atoms with van der Waals surface area (Å²) < 4.78 is 6.88. The van der Waals surface area contributed by atoms with Gasteiger partial charge in [0.2, 0.25) is 0 Å². The van der Waals surface area contributed by atoms with Gasteiger partial charge in [-0.15, -0.1) is 0 Å². The van der Waals surface area contributed by atoms with Crippen molar-refractivity contribution < 1.29 is 14.3 Å². The van der Waals surface area contributed by atoms with E-state index in [0.29, 0.717) is 5.75 Å². The molecule has 0 bridgehead atoms. The number of carbonyl (C=O) groups is 2. The first-order valence-corrected chi connectivity index (χ1v) is 7.22. The number of aromatic nitrogens is 2. The van der Waals surface area contributed by atoms with Gasteiger partial charge in [-0.1, -0.05) is 17.7 Å². The van der Waals surface area contributed by atoms with Crippen molar-refractivity contribution >= 4 is 11.8 Å². The van der Waals surface area contributed by atoms with Crippen LogP contribution in [0.2, 0.25) is 0 Å². The summed E-state index contributed by atoms with van der Waals surface area (Å²) >= 11 is 0. The van der Waals surface area contributed by atoms with Crippen LogP contribution in [0.4, 0.5) is 0 Å². The Balaban J connectivity index is 1.72. The maximum Gasteiger partial charge on any atom is 0.276 e. The fraction of sp³-hybridized carbons (Fsp3) is 0.312. The van der Waals surface area contributed by atoms with Crippen LogP contribution in [0.25, 0.3) is 0 Å². The van der Waals surface area contributed by atoms with Crippen molar-refractivity contribution in [2.24, 2.45) is 0 Å². The van der Waals surface area contributed by atoms with Gasteiger partial charge in [-0.05, 0) is 39.0 Å². The van der Waals surface area contributed by atoms with Crippen molar-refractivity contribution in [3.63, 3.8) is 0 Å². The quantitative estimate of drug-likeness (QED) is 0.807. The third-order valence-corrected chi connectivity index (χ3v) is 3.13. The molecular weight excluding hydrogens is 296 g/mol. The first-order valence-electron chi connectivity index (χ1n) is 7.22. The zero-order chi connectivity index (χ0) is 16.8. The van der Waals surface area contributed by atoms with Crippen LogP contribution in [0.3, 0.4) is 0 Å². The summed E-state index contributed by atoms with van der Waals surface area (Å²) in [6.07, 6.45) is 0. The van der Waals surface area contributed by atoms with Gasteiger partial charge in [0.25, 0.3) is 11.8 Å². The fourth-order valence-corrected chi connectivity index (χ4v) is 1.97. The van der Waals surface area contributed by atoms with Gasteiger partial charge in [0.15, 0.2) is 6.61 Å². The monoisotopic (exact) mass is 316 g/mol. The van der Waals surface area contributed by atoms with E-state index in [1.165, 1.54) is 0 Å².